The van der Waals surface area contributed by atoms with E-state index in [0.717, 1.165) is 5.69 Å². The largest absolute Gasteiger partial charge is 0.223 e. The first-order valence-corrected chi connectivity index (χ1v) is 7.58. The van der Waals surface area contributed by atoms with E-state index in [1.165, 1.54) is 17.5 Å². The first-order valence-electron chi connectivity index (χ1n) is 7.58. The van der Waals surface area contributed by atoms with Crippen molar-refractivity contribution < 1.29 is 0 Å². The lowest BCUT2D eigenvalue weighted by Gasteiger charge is -2.02. The zero-order chi connectivity index (χ0) is 14.8. The van der Waals surface area contributed by atoms with Crippen LogP contribution in [0.1, 0.15) is 23.5 Å². The molecule has 2 atom stereocenters. The highest BCUT2D eigenvalue weighted by atomic mass is 15.3. The summed E-state index contributed by atoms with van der Waals surface area (Å²) in [4.78, 5) is 3.98. The molecular formula is C19H17N3. The summed E-state index contributed by atoms with van der Waals surface area (Å²) in [6.07, 6.45) is 9.09. The molecule has 0 amide bonds. The molecule has 1 heterocycles. The van der Waals surface area contributed by atoms with Gasteiger partial charge in [-0.3, -0.25) is 0 Å². The zero-order valence-electron chi connectivity index (χ0n) is 12.2. The molecule has 3 heteroatoms. The molecule has 2 aromatic carbocycles. The maximum Gasteiger partial charge on any atom is 0.138 e. The predicted molar refractivity (Wildman–Crippen MR) is 87.7 cm³/mol. The van der Waals surface area contributed by atoms with Gasteiger partial charge >= 0.3 is 0 Å². The van der Waals surface area contributed by atoms with E-state index in [1.54, 1.807) is 17.3 Å². The summed E-state index contributed by atoms with van der Waals surface area (Å²) in [6.45, 7) is 0. The van der Waals surface area contributed by atoms with Crippen molar-refractivity contribution in [1.82, 2.24) is 14.8 Å². The Morgan fingerprint density at radius 2 is 1.82 bits per heavy atom. The van der Waals surface area contributed by atoms with Gasteiger partial charge in [-0.05, 0) is 41.5 Å². The smallest absolute Gasteiger partial charge is 0.138 e. The molecule has 0 aliphatic heterocycles. The summed E-state index contributed by atoms with van der Waals surface area (Å²) in [5.74, 6) is 1.32. The molecule has 108 valence electrons. The van der Waals surface area contributed by atoms with Gasteiger partial charge in [0.25, 0.3) is 0 Å². The molecular weight excluding hydrogens is 270 g/mol. The van der Waals surface area contributed by atoms with Gasteiger partial charge in [-0.1, -0.05) is 54.6 Å². The van der Waals surface area contributed by atoms with Gasteiger partial charge in [0.05, 0.1) is 5.69 Å². The molecule has 0 saturated heterocycles. The second kappa shape index (κ2) is 5.60. The van der Waals surface area contributed by atoms with Crippen LogP contribution < -0.4 is 0 Å². The van der Waals surface area contributed by atoms with Crippen molar-refractivity contribution >= 4 is 6.08 Å². The molecule has 4 rings (SSSR count). The second-order valence-corrected chi connectivity index (χ2v) is 5.71. The van der Waals surface area contributed by atoms with E-state index >= 15 is 0 Å². The third-order valence-corrected chi connectivity index (χ3v) is 4.18. The quantitative estimate of drug-likeness (QED) is 0.723. The Balaban J connectivity index is 1.43. The maximum atomic E-state index is 4.15. The number of hydrogen-bond acceptors (Lipinski definition) is 2. The van der Waals surface area contributed by atoms with Crippen LogP contribution in [0, 0.1) is 5.92 Å². The average Bonchev–Trinajstić information content (AvgIpc) is 3.15. The Morgan fingerprint density at radius 3 is 2.55 bits per heavy atom. The van der Waals surface area contributed by atoms with Gasteiger partial charge in [0.2, 0.25) is 0 Å². The highest BCUT2D eigenvalue weighted by Crippen LogP contribution is 2.48. The van der Waals surface area contributed by atoms with Gasteiger partial charge in [-0.25, -0.2) is 9.67 Å². The van der Waals surface area contributed by atoms with E-state index in [2.05, 4.69) is 70.8 Å². The molecule has 1 aliphatic rings. The van der Waals surface area contributed by atoms with Crippen LogP contribution in [0.5, 0.6) is 0 Å². The monoisotopic (exact) mass is 287 g/mol. The number of hydrogen-bond donors (Lipinski definition) is 0. The summed E-state index contributed by atoms with van der Waals surface area (Å²) < 4.78 is 1.78. The highest BCUT2D eigenvalue weighted by molar-refractivity contribution is 5.50. The fraction of sp³-hybridized carbons (Fsp3) is 0.158. The number of aromatic nitrogens is 3. The van der Waals surface area contributed by atoms with Crippen molar-refractivity contribution in [3.05, 3.63) is 84.5 Å². The van der Waals surface area contributed by atoms with Crippen LogP contribution in [0.2, 0.25) is 0 Å². The number of rotatable bonds is 4. The third-order valence-electron chi connectivity index (χ3n) is 4.18. The molecule has 3 nitrogen and oxygen atoms in total. The van der Waals surface area contributed by atoms with Crippen molar-refractivity contribution in [2.75, 3.05) is 0 Å². The lowest BCUT2D eigenvalue weighted by molar-refractivity contribution is 0.876. The van der Waals surface area contributed by atoms with Gasteiger partial charge in [-0.2, -0.15) is 5.10 Å². The normalized spacial score (nSPS) is 20.4. The Kier molecular flexibility index (Phi) is 3.31. The standard InChI is InChI=1S/C19H17N3/c1-2-4-15(5-3-1)6-7-17-12-19(17)16-8-10-18(11-9-16)22-14-20-13-21-22/h1-11,13-14,17,19H,12H2/b7-6+/t17-,19+/m1/s1. The van der Waals surface area contributed by atoms with Crippen LogP contribution in [0.3, 0.4) is 0 Å². The summed E-state index contributed by atoms with van der Waals surface area (Å²) in [5, 5.41) is 4.15. The summed E-state index contributed by atoms with van der Waals surface area (Å²) in [5.41, 5.74) is 3.74. The molecule has 0 N–H and O–H groups in total. The van der Waals surface area contributed by atoms with Crippen LogP contribution in [-0.2, 0) is 0 Å². The summed E-state index contributed by atoms with van der Waals surface area (Å²) >= 11 is 0. The lowest BCUT2D eigenvalue weighted by atomic mass is 10.1. The first-order chi connectivity index (χ1) is 10.9. The van der Waals surface area contributed by atoms with E-state index < -0.39 is 0 Å². The molecule has 0 unspecified atom stereocenters. The second-order valence-electron chi connectivity index (χ2n) is 5.71. The highest BCUT2D eigenvalue weighted by Gasteiger charge is 2.35. The lowest BCUT2D eigenvalue weighted by Crippen LogP contribution is -1.94. The van der Waals surface area contributed by atoms with Crippen LogP contribution >= 0.6 is 0 Å². The van der Waals surface area contributed by atoms with E-state index in [-0.39, 0.29) is 0 Å². The van der Waals surface area contributed by atoms with E-state index in [9.17, 15) is 0 Å². The minimum absolute atomic E-state index is 0.657. The van der Waals surface area contributed by atoms with Crippen LogP contribution in [0.25, 0.3) is 11.8 Å². The molecule has 3 aromatic rings. The van der Waals surface area contributed by atoms with Crippen molar-refractivity contribution in [2.45, 2.75) is 12.3 Å². The predicted octanol–water partition coefficient (Wildman–Crippen LogP) is 4.08. The van der Waals surface area contributed by atoms with Crippen molar-refractivity contribution in [3.63, 3.8) is 0 Å². The van der Waals surface area contributed by atoms with Gasteiger partial charge in [0.1, 0.15) is 12.7 Å². The molecule has 1 aliphatic carbocycles. The zero-order valence-corrected chi connectivity index (χ0v) is 12.2. The van der Waals surface area contributed by atoms with Crippen molar-refractivity contribution in [1.29, 1.82) is 0 Å². The fourth-order valence-corrected chi connectivity index (χ4v) is 2.83. The van der Waals surface area contributed by atoms with Gasteiger partial charge in [0, 0.05) is 0 Å². The fourth-order valence-electron chi connectivity index (χ4n) is 2.83. The Labute approximate surface area is 130 Å². The molecule has 0 bridgehead atoms. The Bertz CT molecular complexity index is 758. The van der Waals surface area contributed by atoms with Gasteiger partial charge in [0.15, 0.2) is 0 Å². The van der Waals surface area contributed by atoms with Gasteiger partial charge < -0.3 is 0 Å². The SMILES string of the molecule is C(=C\[C@@H]1C[C@H]1c1ccc(-n2cncn2)cc1)/c1ccccc1. The first kappa shape index (κ1) is 13.0. The molecule has 22 heavy (non-hydrogen) atoms. The Hall–Kier alpha value is -2.68. The van der Waals surface area contributed by atoms with Crippen LogP contribution in [0.4, 0.5) is 0 Å². The van der Waals surface area contributed by atoms with Crippen LogP contribution in [-0.4, -0.2) is 14.8 Å². The molecule has 1 fully saturated rings. The topological polar surface area (TPSA) is 30.7 Å². The van der Waals surface area contributed by atoms with E-state index in [4.69, 9.17) is 0 Å². The number of allylic oxidation sites excluding steroid dienone is 1. The minimum Gasteiger partial charge on any atom is -0.223 e. The molecule has 0 radical (unpaired) electrons. The van der Waals surface area contributed by atoms with E-state index in [0.29, 0.717) is 11.8 Å². The van der Waals surface area contributed by atoms with Crippen LogP contribution in [0.15, 0.2) is 73.3 Å². The molecule has 0 spiro atoms. The summed E-state index contributed by atoms with van der Waals surface area (Å²) in [6, 6.07) is 19.1. The maximum absolute atomic E-state index is 4.15. The molecule has 1 aromatic heterocycles. The number of benzene rings is 2. The Morgan fingerprint density at radius 1 is 1.00 bits per heavy atom. The minimum atomic E-state index is 0.657. The third kappa shape index (κ3) is 2.70. The van der Waals surface area contributed by atoms with Gasteiger partial charge in [-0.15, -0.1) is 0 Å². The molecule has 1 saturated carbocycles. The van der Waals surface area contributed by atoms with Crippen molar-refractivity contribution in [2.24, 2.45) is 5.92 Å². The number of nitrogens with zero attached hydrogens (tertiary/aromatic N) is 3. The average molecular weight is 287 g/mol. The van der Waals surface area contributed by atoms with E-state index in [1.807, 2.05) is 6.07 Å². The van der Waals surface area contributed by atoms with Crippen molar-refractivity contribution in [3.8, 4) is 5.69 Å². The summed E-state index contributed by atoms with van der Waals surface area (Å²) in [7, 11) is 0.